The summed E-state index contributed by atoms with van der Waals surface area (Å²) < 4.78 is 0. The minimum Gasteiger partial charge on any atom is -0.396 e. The van der Waals surface area contributed by atoms with Gasteiger partial charge in [-0.25, -0.2) is 0 Å². The summed E-state index contributed by atoms with van der Waals surface area (Å²) in [6.07, 6.45) is 4.62. The van der Waals surface area contributed by atoms with Gasteiger partial charge in [0.1, 0.15) is 0 Å². The van der Waals surface area contributed by atoms with Crippen molar-refractivity contribution >= 4 is 19.7 Å². The minimum absolute atomic E-state index is 0.00516. The monoisotopic (exact) mass is 303 g/mol. The van der Waals surface area contributed by atoms with Crippen molar-refractivity contribution in [1.29, 1.82) is 0 Å². The second kappa shape index (κ2) is 5.77. The van der Waals surface area contributed by atoms with Gasteiger partial charge < -0.3 is 10.0 Å². The van der Waals surface area contributed by atoms with Gasteiger partial charge in [-0.15, -0.1) is 0 Å². The average molecular weight is 303 g/mol. The third-order valence-electron chi connectivity index (χ3n) is 4.07. The normalized spacial score (nSPS) is 22.1. The van der Waals surface area contributed by atoms with Crippen molar-refractivity contribution in [2.75, 3.05) is 18.6 Å². The van der Waals surface area contributed by atoms with E-state index in [1.807, 2.05) is 37.4 Å². The van der Waals surface area contributed by atoms with E-state index in [-0.39, 0.29) is 12.5 Å². The van der Waals surface area contributed by atoms with Gasteiger partial charge in [-0.2, -0.15) is 0 Å². The molecule has 114 valence electrons. The first-order valence-electron chi connectivity index (χ1n) is 7.48. The summed E-state index contributed by atoms with van der Waals surface area (Å²) in [7, 11) is 0.622. The van der Waals surface area contributed by atoms with E-state index >= 15 is 0 Å². The quantitative estimate of drug-likeness (QED) is 0.670. The highest BCUT2D eigenvalue weighted by Crippen LogP contribution is 2.44. The van der Waals surface area contributed by atoms with Crippen LogP contribution in [0, 0.1) is 0 Å². The Morgan fingerprint density at radius 1 is 1.29 bits per heavy atom. The van der Waals surface area contributed by atoms with Crippen LogP contribution in [0.25, 0.3) is 0 Å². The van der Waals surface area contributed by atoms with Gasteiger partial charge in [0.2, 0.25) is 5.91 Å². The molecule has 0 bridgehead atoms. The molecule has 0 radical (unpaired) electrons. The summed E-state index contributed by atoms with van der Waals surface area (Å²) in [6.45, 7) is 6.94. The molecule has 2 rings (SSSR count). The molecule has 1 unspecified atom stereocenters. The van der Waals surface area contributed by atoms with Gasteiger partial charge in [0.15, 0.2) is 0 Å². The molecule has 1 atom stereocenters. The lowest BCUT2D eigenvalue weighted by atomic mass is 9.78. The van der Waals surface area contributed by atoms with Crippen molar-refractivity contribution < 1.29 is 9.90 Å². The highest BCUT2D eigenvalue weighted by atomic mass is 28.3. The number of allylic oxidation sites excluding steroid dienone is 1. The van der Waals surface area contributed by atoms with Gasteiger partial charge in [0.05, 0.1) is 5.41 Å². The number of para-hydroxylation sites is 1. The first-order valence-corrected chi connectivity index (χ1v) is 11.2. The van der Waals surface area contributed by atoms with E-state index < -0.39 is 13.5 Å². The zero-order chi connectivity index (χ0) is 15.7. The predicted octanol–water partition coefficient (Wildman–Crippen LogP) is 3.18. The summed E-state index contributed by atoms with van der Waals surface area (Å²) in [5.74, 6) is 0.0598. The number of carbonyl (C=O) groups is 1. The third-order valence-corrected chi connectivity index (χ3v) is 5.53. The molecule has 0 aromatic heterocycles. The van der Waals surface area contributed by atoms with Gasteiger partial charge in [-0.05, 0) is 24.1 Å². The molecule has 1 amide bonds. The first-order chi connectivity index (χ1) is 9.82. The number of amides is 1. The number of nitrogens with zero attached hydrogens (tertiary/aromatic N) is 1. The van der Waals surface area contributed by atoms with Crippen molar-refractivity contribution in [3.05, 3.63) is 42.0 Å². The Morgan fingerprint density at radius 3 is 2.57 bits per heavy atom. The molecule has 1 heterocycles. The molecule has 0 spiro atoms. The molecule has 21 heavy (non-hydrogen) atoms. The Bertz CT molecular complexity index is 562. The maximum Gasteiger partial charge on any atom is 0.241 e. The summed E-state index contributed by atoms with van der Waals surface area (Å²) in [6, 6.07) is 8.93. The summed E-state index contributed by atoms with van der Waals surface area (Å²) in [5.41, 5.74) is 1.27. The molecule has 3 nitrogen and oxygen atoms in total. The number of anilines is 1. The average Bonchev–Trinajstić information content (AvgIpc) is 2.62. The van der Waals surface area contributed by atoms with Crippen molar-refractivity contribution in [1.82, 2.24) is 0 Å². The number of aliphatic hydroxyl groups is 1. The molecule has 1 aliphatic heterocycles. The van der Waals surface area contributed by atoms with E-state index in [0.29, 0.717) is 6.42 Å². The fourth-order valence-electron chi connectivity index (χ4n) is 2.94. The van der Waals surface area contributed by atoms with Gasteiger partial charge >= 0.3 is 0 Å². The van der Waals surface area contributed by atoms with Crippen LogP contribution >= 0.6 is 0 Å². The molecule has 1 aliphatic rings. The Labute approximate surface area is 128 Å². The Morgan fingerprint density at radius 2 is 1.95 bits per heavy atom. The standard InChI is InChI=1S/C17H25NO2Si/c1-18-15-9-6-5-8-14(15)17(11-12-19,16(18)20)10-7-13-21(2,3)4/h5-10,19H,11-13H2,1-4H3/b10-7+. The molecular formula is C17H25NO2Si. The van der Waals surface area contributed by atoms with Crippen LogP contribution in [-0.2, 0) is 10.2 Å². The third kappa shape index (κ3) is 2.96. The van der Waals surface area contributed by atoms with E-state index in [2.05, 4.69) is 25.7 Å². The van der Waals surface area contributed by atoms with Crippen molar-refractivity contribution in [2.24, 2.45) is 0 Å². The lowest BCUT2D eigenvalue weighted by Crippen LogP contribution is -2.38. The highest BCUT2D eigenvalue weighted by Gasteiger charge is 2.47. The van der Waals surface area contributed by atoms with Gasteiger partial charge in [-0.3, -0.25) is 4.79 Å². The second-order valence-corrected chi connectivity index (χ2v) is 12.5. The molecule has 4 heteroatoms. The molecule has 0 saturated heterocycles. The van der Waals surface area contributed by atoms with E-state index in [0.717, 1.165) is 17.3 Å². The number of carbonyl (C=O) groups excluding carboxylic acids is 1. The molecular weight excluding hydrogens is 278 g/mol. The molecule has 1 aromatic carbocycles. The Hall–Kier alpha value is -1.39. The Kier molecular flexibility index (Phi) is 4.40. The maximum atomic E-state index is 12.8. The molecule has 1 aromatic rings. The van der Waals surface area contributed by atoms with Crippen LogP contribution < -0.4 is 4.90 Å². The smallest absolute Gasteiger partial charge is 0.241 e. The van der Waals surface area contributed by atoms with Crippen molar-refractivity contribution in [2.45, 2.75) is 37.5 Å². The molecule has 1 N–H and O–H groups in total. The Balaban J connectivity index is 2.45. The van der Waals surface area contributed by atoms with Gasteiger partial charge in [-0.1, -0.05) is 50.0 Å². The minimum atomic E-state index is -1.19. The van der Waals surface area contributed by atoms with Crippen LogP contribution in [-0.4, -0.2) is 32.7 Å². The second-order valence-electron chi connectivity index (χ2n) is 6.99. The van der Waals surface area contributed by atoms with Crippen LogP contribution in [0.5, 0.6) is 0 Å². The number of likely N-dealkylation sites (N-methyl/N-ethyl adjacent to an activating group) is 1. The molecule has 0 aliphatic carbocycles. The van der Waals surface area contributed by atoms with E-state index in [1.54, 1.807) is 4.90 Å². The number of fused-ring (bicyclic) bond motifs is 1. The van der Waals surface area contributed by atoms with E-state index in [1.165, 1.54) is 0 Å². The number of rotatable bonds is 5. The summed E-state index contributed by atoms with van der Waals surface area (Å²) >= 11 is 0. The fourth-order valence-corrected chi connectivity index (χ4v) is 3.77. The number of hydrogen-bond donors (Lipinski definition) is 1. The van der Waals surface area contributed by atoms with Crippen LogP contribution in [0.1, 0.15) is 12.0 Å². The zero-order valence-corrected chi connectivity index (χ0v) is 14.4. The summed E-state index contributed by atoms with van der Waals surface area (Å²) in [5, 5.41) is 9.48. The number of benzene rings is 1. The number of hydrogen-bond acceptors (Lipinski definition) is 2. The topological polar surface area (TPSA) is 40.5 Å². The van der Waals surface area contributed by atoms with E-state index in [9.17, 15) is 9.90 Å². The van der Waals surface area contributed by atoms with Crippen LogP contribution in [0.15, 0.2) is 36.4 Å². The lowest BCUT2D eigenvalue weighted by Gasteiger charge is -2.24. The summed E-state index contributed by atoms with van der Waals surface area (Å²) in [4.78, 5) is 14.5. The predicted molar refractivity (Wildman–Crippen MR) is 90.5 cm³/mol. The lowest BCUT2D eigenvalue weighted by molar-refractivity contribution is -0.121. The van der Waals surface area contributed by atoms with Crippen LogP contribution in [0.2, 0.25) is 25.7 Å². The van der Waals surface area contributed by atoms with Gasteiger partial charge in [0, 0.05) is 27.4 Å². The van der Waals surface area contributed by atoms with E-state index in [4.69, 9.17) is 0 Å². The van der Waals surface area contributed by atoms with Crippen molar-refractivity contribution in [3.63, 3.8) is 0 Å². The van der Waals surface area contributed by atoms with Crippen molar-refractivity contribution in [3.8, 4) is 0 Å². The zero-order valence-electron chi connectivity index (χ0n) is 13.4. The SMILES string of the molecule is CN1C(=O)C(/C=C/C[Si](C)(C)C)(CCO)c2ccccc21. The highest BCUT2D eigenvalue weighted by molar-refractivity contribution is 6.76. The first kappa shape index (κ1) is 16.0. The van der Waals surface area contributed by atoms with Crippen LogP contribution in [0.4, 0.5) is 5.69 Å². The molecule has 0 saturated carbocycles. The van der Waals surface area contributed by atoms with Gasteiger partial charge in [0.25, 0.3) is 0 Å². The molecule has 0 fully saturated rings. The fraction of sp³-hybridized carbons (Fsp3) is 0.471. The number of aliphatic hydroxyl groups excluding tert-OH is 1. The van der Waals surface area contributed by atoms with Crippen LogP contribution in [0.3, 0.4) is 0 Å². The largest absolute Gasteiger partial charge is 0.396 e. The maximum absolute atomic E-state index is 12.8.